The topological polar surface area (TPSA) is 88.1 Å². The van der Waals surface area contributed by atoms with Crippen LogP contribution in [0, 0.1) is 10.8 Å². The van der Waals surface area contributed by atoms with Gasteiger partial charge in [0.15, 0.2) is 22.7 Å². The molecule has 0 aromatic heterocycles. The van der Waals surface area contributed by atoms with E-state index < -0.39 is 28.7 Å². The van der Waals surface area contributed by atoms with Crippen molar-refractivity contribution in [2.24, 2.45) is 10.8 Å². The quantitative estimate of drug-likeness (QED) is 0.363. The molecule has 0 spiro atoms. The second-order valence-electron chi connectivity index (χ2n) is 7.36. The van der Waals surface area contributed by atoms with Gasteiger partial charge in [-0.05, 0) is 24.1 Å². The van der Waals surface area contributed by atoms with Gasteiger partial charge in [0.05, 0.1) is 33.9 Å². The number of methoxy groups -OCH3 is 4. The molecule has 0 unspecified atom stereocenters. The Labute approximate surface area is 181 Å². The van der Waals surface area contributed by atoms with Gasteiger partial charge in [-0.3, -0.25) is 14.4 Å². The molecule has 1 aliphatic rings. The summed E-state index contributed by atoms with van der Waals surface area (Å²) in [5.41, 5.74) is -2.18. The minimum Gasteiger partial charge on any atom is -0.493 e. The number of hydrogen-bond acceptors (Lipinski definition) is 7. The van der Waals surface area contributed by atoms with Crippen LogP contribution in [0.5, 0.6) is 11.5 Å². The van der Waals surface area contributed by atoms with Gasteiger partial charge in [-0.25, -0.2) is 0 Å². The van der Waals surface area contributed by atoms with Crippen LogP contribution in [0.25, 0.3) is 0 Å². The molecule has 0 saturated heterocycles. The normalized spacial score (nSPS) is 21.0. The lowest BCUT2D eigenvalue weighted by molar-refractivity contribution is -0.163. The number of carbonyl (C=O) groups is 3. The van der Waals surface area contributed by atoms with E-state index in [0.717, 1.165) is 0 Å². The molecule has 2 aromatic rings. The molecule has 31 heavy (non-hydrogen) atoms. The third-order valence-corrected chi connectivity index (χ3v) is 6.30. The van der Waals surface area contributed by atoms with E-state index in [-0.39, 0.29) is 12.2 Å². The largest absolute Gasteiger partial charge is 0.493 e. The van der Waals surface area contributed by atoms with Crippen LogP contribution in [0.4, 0.5) is 0 Å². The Hall–Kier alpha value is -3.35. The molecule has 0 heterocycles. The lowest BCUT2D eigenvalue weighted by atomic mass is 9.83. The highest BCUT2D eigenvalue weighted by Gasteiger charge is 2.88. The standard InChI is InChI=1S/C24H26O7/c1-6-23(20(25)15-10-8-7-9-11-15)19(24(23,21(26)30-4)22(27)31-5)16-12-13-17(28-2)18(14-16)29-3/h7-14,19H,6H2,1-5H3/t19-,23-/m0/s1. The van der Waals surface area contributed by atoms with Crippen LogP contribution in [0.15, 0.2) is 48.5 Å². The van der Waals surface area contributed by atoms with Gasteiger partial charge in [0.1, 0.15) is 0 Å². The fraction of sp³-hybridized carbons (Fsp3) is 0.375. The second kappa shape index (κ2) is 8.41. The number of benzene rings is 2. The summed E-state index contributed by atoms with van der Waals surface area (Å²) in [7, 11) is 5.40. The van der Waals surface area contributed by atoms with Gasteiger partial charge in [0, 0.05) is 11.5 Å². The minimum absolute atomic E-state index is 0.226. The van der Waals surface area contributed by atoms with E-state index in [0.29, 0.717) is 22.6 Å². The molecular formula is C24H26O7. The molecule has 7 heteroatoms. The summed E-state index contributed by atoms with van der Waals surface area (Å²) in [5, 5.41) is 0. The summed E-state index contributed by atoms with van der Waals surface area (Å²) < 4.78 is 20.8. The summed E-state index contributed by atoms with van der Waals surface area (Å²) in [5.74, 6) is -1.79. The molecule has 7 nitrogen and oxygen atoms in total. The fourth-order valence-electron chi connectivity index (χ4n) is 4.91. The zero-order chi connectivity index (χ0) is 22.8. The van der Waals surface area contributed by atoms with E-state index in [1.54, 1.807) is 55.5 Å². The highest BCUT2D eigenvalue weighted by molar-refractivity contribution is 6.19. The molecule has 0 amide bonds. The molecule has 0 N–H and O–H groups in total. The van der Waals surface area contributed by atoms with Crippen LogP contribution in [0.3, 0.4) is 0 Å². The van der Waals surface area contributed by atoms with Crippen LogP contribution in [0.1, 0.15) is 35.2 Å². The maximum absolute atomic E-state index is 13.8. The first kappa shape index (κ1) is 22.3. The van der Waals surface area contributed by atoms with Crippen molar-refractivity contribution in [3.05, 3.63) is 59.7 Å². The summed E-state index contributed by atoms with van der Waals surface area (Å²) in [6, 6.07) is 13.7. The maximum atomic E-state index is 13.8. The number of ether oxygens (including phenoxy) is 4. The first-order valence-corrected chi connectivity index (χ1v) is 9.89. The van der Waals surface area contributed by atoms with Crippen molar-refractivity contribution >= 4 is 17.7 Å². The maximum Gasteiger partial charge on any atom is 0.324 e. The average Bonchev–Trinajstić information content (AvgIpc) is 3.47. The van der Waals surface area contributed by atoms with Crippen molar-refractivity contribution in [2.75, 3.05) is 28.4 Å². The Morgan fingerprint density at radius 1 is 0.839 bits per heavy atom. The fourth-order valence-corrected chi connectivity index (χ4v) is 4.91. The van der Waals surface area contributed by atoms with Crippen molar-refractivity contribution in [1.82, 2.24) is 0 Å². The van der Waals surface area contributed by atoms with Gasteiger partial charge in [-0.15, -0.1) is 0 Å². The lowest BCUT2D eigenvalue weighted by Gasteiger charge is -2.20. The highest BCUT2D eigenvalue weighted by Crippen LogP contribution is 2.78. The third-order valence-electron chi connectivity index (χ3n) is 6.30. The number of hydrogen-bond donors (Lipinski definition) is 0. The lowest BCUT2D eigenvalue weighted by Crippen LogP contribution is -2.37. The van der Waals surface area contributed by atoms with E-state index >= 15 is 0 Å². The summed E-state index contributed by atoms with van der Waals surface area (Å²) in [6.45, 7) is 1.78. The Morgan fingerprint density at radius 3 is 1.90 bits per heavy atom. The molecule has 1 aliphatic carbocycles. The van der Waals surface area contributed by atoms with E-state index in [2.05, 4.69) is 0 Å². The zero-order valence-electron chi connectivity index (χ0n) is 18.3. The second-order valence-corrected chi connectivity index (χ2v) is 7.36. The predicted octanol–water partition coefficient (Wildman–Crippen LogP) is 3.41. The molecule has 164 valence electrons. The number of esters is 2. The van der Waals surface area contributed by atoms with Crippen molar-refractivity contribution in [3.63, 3.8) is 0 Å². The van der Waals surface area contributed by atoms with Crippen molar-refractivity contribution in [3.8, 4) is 11.5 Å². The van der Waals surface area contributed by atoms with Gasteiger partial charge < -0.3 is 18.9 Å². The molecular weight excluding hydrogens is 400 g/mol. The molecule has 0 radical (unpaired) electrons. The van der Waals surface area contributed by atoms with E-state index in [4.69, 9.17) is 18.9 Å². The Balaban J connectivity index is 2.29. The first-order chi connectivity index (χ1) is 14.9. The molecule has 3 rings (SSSR count). The highest BCUT2D eigenvalue weighted by atomic mass is 16.5. The van der Waals surface area contributed by atoms with Gasteiger partial charge in [-0.2, -0.15) is 0 Å². The number of ketones is 1. The van der Waals surface area contributed by atoms with Gasteiger partial charge in [-0.1, -0.05) is 43.3 Å². The molecule has 0 bridgehead atoms. The van der Waals surface area contributed by atoms with Gasteiger partial charge in [0.25, 0.3) is 0 Å². The number of carbonyl (C=O) groups excluding carboxylic acids is 3. The summed E-state index contributed by atoms with van der Waals surface area (Å²) in [6.07, 6.45) is 0.226. The number of Topliss-reactive ketones (excluding diaryl/α,β-unsaturated/α-hetero) is 1. The van der Waals surface area contributed by atoms with Crippen LogP contribution in [-0.4, -0.2) is 46.2 Å². The molecule has 1 fully saturated rings. The molecule has 1 saturated carbocycles. The Bertz CT molecular complexity index is 982. The van der Waals surface area contributed by atoms with Crippen LogP contribution >= 0.6 is 0 Å². The van der Waals surface area contributed by atoms with E-state index in [9.17, 15) is 14.4 Å². The molecule has 0 aliphatic heterocycles. The summed E-state index contributed by atoms with van der Waals surface area (Å²) >= 11 is 0. The third kappa shape index (κ3) is 2.99. The van der Waals surface area contributed by atoms with Crippen LogP contribution in [-0.2, 0) is 19.1 Å². The van der Waals surface area contributed by atoms with E-state index in [1.165, 1.54) is 28.4 Å². The van der Waals surface area contributed by atoms with Crippen molar-refractivity contribution in [1.29, 1.82) is 0 Å². The molecule has 2 aromatic carbocycles. The van der Waals surface area contributed by atoms with Crippen molar-refractivity contribution < 1.29 is 33.3 Å². The minimum atomic E-state index is -1.81. The monoisotopic (exact) mass is 426 g/mol. The van der Waals surface area contributed by atoms with Crippen LogP contribution in [0.2, 0.25) is 0 Å². The van der Waals surface area contributed by atoms with E-state index in [1.807, 2.05) is 0 Å². The average molecular weight is 426 g/mol. The zero-order valence-corrected chi connectivity index (χ0v) is 18.3. The van der Waals surface area contributed by atoms with Gasteiger partial charge >= 0.3 is 11.9 Å². The van der Waals surface area contributed by atoms with Crippen LogP contribution < -0.4 is 9.47 Å². The summed E-state index contributed by atoms with van der Waals surface area (Å²) in [4.78, 5) is 40.1. The van der Waals surface area contributed by atoms with Gasteiger partial charge in [0.2, 0.25) is 0 Å². The van der Waals surface area contributed by atoms with Crippen molar-refractivity contribution in [2.45, 2.75) is 19.3 Å². The SMILES string of the molecule is CC[C@@]1(C(=O)c2ccccc2)[C@H](c2ccc(OC)c(OC)c2)C1(C(=O)OC)C(=O)OC. The Morgan fingerprint density at radius 2 is 1.42 bits per heavy atom. The number of rotatable bonds is 8. The smallest absolute Gasteiger partial charge is 0.324 e. The first-order valence-electron chi connectivity index (χ1n) is 9.89. The molecule has 2 atom stereocenters. The predicted molar refractivity (Wildman–Crippen MR) is 112 cm³/mol. The Kier molecular flexibility index (Phi) is 6.06.